The van der Waals surface area contributed by atoms with Crippen LogP contribution in [0.25, 0.3) is 0 Å². The van der Waals surface area contributed by atoms with E-state index in [-0.39, 0.29) is 16.0 Å². The predicted octanol–water partition coefficient (Wildman–Crippen LogP) is 3.65. The molecule has 1 aromatic rings. The zero-order valence-electron chi connectivity index (χ0n) is 11.7. The second kappa shape index (κ2) is 5.70. The van der Waals surface area contributed by atoms with Crippen molar-refractivity contribution in [2.75, 3.05) is 0 Å². The zero-order chi connectivity index (χ0) is 13.9. The summed E-state index contributed by atoms with van der Waals surface area (Å²) in [6, 6.07) is 7.42. The summed E-state index contributed by atoms with van der Waals surface area (Å²) in [5, 5.41) is 14.5. The van der Waals surface area contributed by atoms with Gasteiger partial charge in [0.25, 0.3) is 5.69 Å². The molecule has 4 nitrogen and oxygen atoms in total. The average molecular weight is 262 g/mol. The number of benzene rings is 1. The average Bonchev–Trinajstić information content (AvgIpc) is 2.37. The summed E-state index contributed by atoms with van der Waals surface area (Å²) in [6.07, 6.45) is 4.92. The van der Waals surface area contributed by atoms with Crippen LogP contribution in [-0.2, 0) is 6.54 Å². The molecule has 0 radical (unpaired) electrons. The maximum Gasteiger partial charge on any atom is 0.273 e. The van der Waals surface area contributed by atoms with E-state index in [1.165, 1.54) is 19.3 Å². The van der Waals surface area contributed by atoms with Crippen molar-refractivity contribution in [1.29, 1.82) is 0 Å². The fourth-order valence-electron chi connectivity index (χ4n) is 2.94. The number of nitrogens with zero attached hydrogens (tertiary/aromatic N) is 1. The van der Waals surface area contributed by atoms with Crippen molar-refractivity contribution in [3.63, 3.8) is 0 Å². The van der Waals surface area contributed by atoms with Gasteiger partial charge in [-0.3, -0.25) is 10.1 Å². The summed E-state index contributed by atoms with van der Waals surface area (Å²) in [5.74, 6) is 0. The Morgan fingerprint density at radius 3 is 2.79 bits per heavy atom. The molecule has 0 aliphatic heterocycles. The van der Waals surface area contributed by atoms with E-state index in [2.05, 4.69) is 19.2 Å². The number of hydrogen-bond donors (Lipinski definition) is 1. The van der Waals surface area contributed by atoms with Gasteiger partial charge in [-0.15, -0.1) is 0 Å². The first-order chi connectivity index (χ1) is 9.00. The van der Waals surface area contributed by atoms with Gasteiger partial charge in [0.2, 0.25) is 0 Å². The number of hydrogen-bond acceptors (Lipinski definition) is 3. The third-order valence-corrected chi connectivity index (χ3v) is 4.23. The molecule has 4 heteroatoms. The molecule has 0 heterocycles. The fraction of sp³-hybridized carbons (Fsp3) is 0.600. The van der Waals surface area contributed by atoms with E-state index in [4.69, 9.17) is 0 Å². The highest BCUT2D eigenvalue weighted by atomic mass is 16.6. The van der Waals surface area contributed by atoms with Gasteiger partial charge in [0.1, 0.15) is 0 Å². The van der Waals surface area contributed by atoms with Crippen LogP contribution in [0.3, 0.4) is 0 Å². The van der Waals surface area contributed by atoms with Crippen LogP contribution in [0.2, 0.25) is 0 Å². The van der Waals surface area contributed by atoms with E-state index in [9.17, 15) is 10.1 Å². The summed E-state index contributed by atoms with van der Waals surface area (Å²) < 4.78 is 0. The van der Waals surface area contributed by atoms with Crippen LogP contribution in [-0.4, -0.2) is 11.0 Å². The van der Waals surface area contributed by atoms with Crippen molar-refractivity contribution in [3.05, 3.63) is 39.9 Å². The fourth-order valence-corrected chi connectivity index (χ4v) is 2.94. The number of nitro groups is 1. The number of nitrogens with one attached hydrogen (secondary N) is 1. The van der Waals surface area contributed by atoms with Crippen molar-refractivity contribution >= 4 is 5.69 Å². The van der Waals surface area contributed by atoms with Gasteiger partial charge in [0.05, 0.1) is 4.92 Å². The first kappa shape index (κ1) is 14.0. The van der Waals surface area contributed by atoms with E-state index in [1.54, 1.807) is 12.1 Å². The van der Waals surface area contributed by atoms with E-state index in [1.807, 2.05) is 12.1 Å². The van der Waals surface area contributed by atoms with Gasteiger partial charge in [0, 0.05) is 24.2 Å². The molecule has 2 rings (SSSR count). The SMILES string of the molecule is CC1(C)CCCCC1NCc1ccccc1[N+](=O)[O-]. The molecule has 1 N–H and O–H groups in total. The Kier molecular flexibility index (Phi) is 4.20. The lowest BCUT2D eigenvalue weighted by molar-refractivity contribution is -0.385. The van der Waals surface area contributed by atoms with Gasteiger partial charge in [0.15, 0.2) is 0 Å². The highest BCUT2D eigenvalue weighted by Gasteiger charge is 2.31. The first-order valence-electron chi connectivity index (χ1n) is 6.96. The molecule has 1 aliphatic rings. The first-order valence-corrected chi connectivity index (χ1v) is 6.96. The van der Waals surface area contributed by atoms with Crippen LogP contribution < -0.4 is 5.32 Å². The smallest absolute Gasteiger partial charge is 0.273 e. The van der Waals surface area contributed by atoms with Gasteiger partial charge in [-0.05, 0) is 18.3 Å². The lowest BCUT2D eigenvalue weighted by Crippen LogP contribution is -2.43. The maximum atomic E-state index is 11.0. The monoisotopic (exact) mass is 262 g/mol. The Bertz CT molecular complexity index is 457. The molecule has 1 unspecified atom stereocenters. The second-order valence-electron chi connectivity index (χ2n) is 6.05. The minimum atomic E-state index is -0.303. The number of nitro benzene ring substituents is 1. The molecular formula is C15H22N2O2. The largest absolute Gasteiger partial charge is 0.309 e. The highest BCUT2D eigenvalue weighted by Crippen LogP contribution is 2.35. The molecule has 1 fully saturated rings. The minimum absolute atomic E-state index is 0.212. The van der Waals surface area contributed by atoms with E-state index in [0.29, 0.717) is 12.6 Å². The minimum Gasteiger partial charge on any atom is -0.309 e. The molecule has 0 saturated heterocycles. The van der Waals surface area contributed by atoms with Crippen LogP contribution in [0, 0.1) is 15.5 Å². The Hall–Kier alpha value is -1.42. The van der Waals surface area contributed by atoms with Crippen LogP contribution >= 0.6 is 0 Å². The molecule has 19 heavy (non-hydrogen) atoms. The van der Waals surface area contributed by atoms with Crippen LogP contribution in [0.4, 0.5) is 5.69 Å². The zero-order valence-corrected chi connectivity index (χ0v) is 11.7. The highest BCUT2D eigenvalue weighted by molar-refractivity contribution is 5.39. The molecule has 0 amide bonds. The summed E-state index contributed by atoms with van der Waals surface area (Å²) in [5.41, 5.74) is 1.26. The summed E-state index contributed by atoms with van der Waals surface area (Å²) in [4.78, 5) is 10.7. The van der Waals surface area contributed by atoms with Crippen molar-refractivity contribution in [2.45, 2.75) is 52.1 Å². The van der Waals surface area contributed by atoms with Gasteiger partial charge in [-0.1, -0.05) is 44.9 Å². The Morgan fingerprint density at radius 2 is 2.11 bits per heavy atom. The molecule has 0 bridgehead atoms. The summed E-state index contributed by atoms with van der Waals surface area (Å²) in [7, 11) is 0. The molecule has 104 valence electrons. The number of rotatable bonds is 4. The van der Waals surface area contributed by atoms with Crippen molar-refractivity contribution in [3.8, 4) is 0 Å². The molecule has 1 aromatic carbocycles. The van der Waals surface area contributed by atoms with Crippen molar-refractivity contribution in [1.82, 2.24) is 5.32 Å². The third-order valence-electron chi connectivity index (χ3n) is 4.23. The van der Waals surface area contributed by atoms with Gasteiger partial charge in [-0.2, -0.15) is 0 Å². The molecule has 1 atom stereocenters. The molecule has 1 aliphatic carbocycles. The van der Waals surface area contributed by atoms with Crippen LogP contribution in [0.5, 0.6) is 0 Å². The summed E-state index contributed by atoms with van der Waals surface area (Å²) in [6.45, 7) is 5.14. The van der Waals surface area contributed by atoms with Gasteiger partial charge >= 0.3 is 0 Å². The van der Waals surface area contributed by atoms with Crippen LogP contribution in [0.15, 0.2) is 24.3 Å². The van der Waals surface area contributed by atoms with E-state index >= 15 is 0 Å². The van der Waals surface area contributed by atoms with Gasteiger partial charge in [-0.25, -0.2) is 0 Å². The molecular weight excluding hydrogens is 240 g/mol. The van der Waals surface area contributed by atoms with E-state index < -0.39 is 0 Å². The Labute approximate surface area is 114 Å². The van der Waals surface area contributed by atoms with Gasteiger partial charge < -0.3 is 5.32 Å². The maximum absolute atomic E-state index is 11.0. The van der Waals surface area contributed by atoms with Crippen molar-refractivity contribution < 1.29 is 4.92 Å². The number of para-hydroxylation sites is 1. The molecule has 0 spiro atoms. The van der Waals surface area contributed by atoms with Crippen molar-refractivity contribution in [2.24, 2.45) is 5.41 Å². The quantitative estimate of drug-likeness (QED) is 0.665. The third kappa shape index (κ3) is 3.32. The molecule has 0 aromatic heterocycles. The topological polar surface area (TPSA) is 55.2 Å². The van der Waals surface area contributed by atoms with Crippen LogP contribution in [0.1, 0.15) is 45.1 Å². The molecule has 1 saturated carbocycles. The lowest BCUT2D eigenvalue weighted by atomic mass is 9.73. The standard InChI is InChI=1S/C15H22N2O2/c1-15(2)10-6-5-9-14(15)16-11-12-7-3-4-8-13(12)17(18)19/h3-4,7-8,14,16H,5-6,9-11H2,1-2H3. The lowest BCUT2D eigenvalue weighted by Gasteiger charge is -2.39. The normalized spacial score (nSPS) is 22.1. The van der Waals surface area contributed by atoms with E-state index in [0.717, 1.165) is 12.0 Å². The second-order valence-corrected chi connectivity index (χ2v) is 6.05. The predicted molar refractivity (Wildman–Crippen MR) is 76.0 cm³/mol. The Morgan fingerprint density at radius 1 is 1.37 bits per heavy atom. The summed E-state index contributed by atoms with van der Waals surface area (Å²) >= 11 is 0. The Balaban J connectivity index is 2.04.